The number of halogens is 3. The molecule has 0 bridgehead atoms. The standard InChI is InChI=1S/C25H18F3N5O/c1-33-14-18(13-32-33)17-8-20-22(29-12-17)7-6-15-10-30-23(9-19(15)24(20)34)31-11-16-4-2-3-5-21(16)25(26,27)28/h2-10,12-14H,11H2,1H3,(H,30,31). The maximum Gasteiger partial charge on any atom is 0.416 e. The minimum absolute atomic E-state index is 0.0885. The van der Waals surface area contributed by atoms with Crippen LogP contribution >= 0.6 is 0 Å². The van der Waals surface area contributed by atoms with Crippen molar-refractivity contribution in [2.75, 3.05) is 5.32 Å². The van der Waals surface area contributed by atoms with Gasteiger partial charge in [-0.05, 0) is 29.8 Å². The Balaban J connectivity index is 1.55. The van der Waals surface area contributed by atoms with E-state index in [1.54, 1.807) is 54.5 Å². The molecule has 170 valence electrons. The van der Waals surface area contributed by atoms with E-state index in [1.807, 2.05) is 6.20 Å². The fourth-order valence-corrected chi connectivity index (χ4v) is 3.86. The molecule has 0 radical (unpaired) electrons. The van der Waals surface area contributed by atoms with Gasteiger partial charge in [0.05, 0.1) is 17.3 Å². The molecule has 6 nitrogen and oxygen atoms in total. The van der Waals surface area contributed by atoms with Crippen molar-refractivity contribution in [3.63, 3.8) is 0 Å². The highest BCUT2D eigenvalue weighted by Gasteiger charge is 2.32. The van der Waals surface area contributed by atoms with Gasteiger partial charge in [0.2, 0.25) is 0 Å². The first-order valence-electron chi connectivity index (χ1n) is 10.4. The summed E-state index contributed by atoms with van der Waals surface area (Å²) in [5, 5.41) is 8.50. The number of rotatable bonds is 4. The van der Waals surface area contributed by atoms with Crippen LogP contribution in [0.4, 0.5) is 19.0 Å². The molecule has 0 aliphatic rings. The topological polar surface area (TPSA) is 72.7 Å². The van der Waals surface area contributed by atoms with Crippen LogP contribution in [-0.2, 0) is 19.8 Å². The summed E-state index contributed by atoms with van der Waals surface area (Å²) in [6.45, 7) is -0.0885. The number of alkyl halides is 3. The largest absolute Gasteiger partial charge is 0.416 e. The molecule has 0 aliphatic heterocycles. The zero-order chi connectivity index (χ0) is 23.9. The first-order chi connectivity index (χ1) is 16.3. The fourth-order valence-electron chi connectivity index (χ4n) is 3.86. The number of nitrogens with zero attached hydrogens (tertiary/aromatic N) is 4. The summed E-state index contributed by atoms with van der Waals surface area (Å²) >= 11 is 0. The zero-order valence-corrected chi connectivity index (χ0v) is 18.0. The third-order valence-corrected chi connectivity index (χ3v) is 5.58. The summed E-state index contributed by atoms with van der Waals surface area (Å²) in [4.78, 5) is 22.1. The van der Waals surface area contributed by atoms with Crippen molar-refractivity contribution in [2.24, 2.45) is 7.05 Å². The van der Waals surface area contributed by atoms with E-state index in [9.17, 15) is 18.0 Å². The Kier molecular flexibility index (Phi) is 5.24. The first kappa shape index (κ1) is 21.6. The number of hydrogen-bond acceptors (Lipinski definition) is 5. The van der Waals surface area contributed by atoms with E-state index >= 15 is 0 Å². The fraction of sp³-hybridized carbons (Fsp3) is 0.120. The zero-order valence-electron chi connectivity index (χ0n) is 18.0. The number of fused-ring (bicyclic) bond motifs is 2. The van der Waals surface area contributed by atoms with Crippen molar-refractivity contribution in [2.45, 2.75) is 12.7 Å². The van der Waals surface area contributed by atoms with Crippen LogP contribution in [0, 0.1) is 0 Å². The van der Waals surface area contributed by atoms with E-state index in [4.69, 9.17) is 0 Å². The van der Waals surface area contributed by atoms with Crippen molar-refractivity contribution < 1.29 is 13.2 Å². The molecule has 3 heterocycles. The maximum absolute atomic E-state index is 13.4. The van der Waals surface area contributed by atoms with Crippen LogP contribution in [0.5, 0.6) is 0 Å². The number of aryl methyl sites for hydroxylation is 1. The maximum atomic E-state index is 13.4. The van der Waals surface area contributed by atoms with E-state index < -0.39 is 11.7 Å². The highest BCUT2D eigenvalue weighted by Crippen LogP contribution is 2.32. The Morgan fingerprint density at radius 3 is 2.53 bits per heavy atom. The normalized spacial score (nSPS) is 11.8. The highest BCUT2D eigenvalue weighted by molar-refractivity contribution is 5.93. The van der Waals surface area contributed by atoms with Crippen LogP contribution in [-0.4, -0.2) is 19.7 Å². The third kappa shape index (κ3) is 4.07. The summed E-state index contributed by atoms with van der Waals surface area (Å²) in [5.41, 5.74) is 1.26. The first-order valence-corrected chi connectivity index (χ1v) is 10.4. The van der Waals surface area contributed by atoms with Gasteiger partial charge in [0.1, 0.15) is 5.82 Å². The van der Waals surface area contributed by atoms with Crippen LogP contribution in [0.3, 0.4) is 0 Å². The van der Waals surface area contributed by atoms with Crippen molar-refractivity contribution in [1.82, 2.24) is 19.7 Å². The minimum Gasteiger partial charge on any atom is -0.366 e. The van der Waals surface area contributed by atoms with Gasteiger partial charge in [0.25, 0.3) is 0 Å². The molecule has 1 N–H and O–H groups in total. The molecule has 5 rings (SSSR count). The van der Waals surface area contributed by atoms with E-state index in [0.29, 0.717) is 27.5 Å². The van der Waals surface area contributed by atoms with Gasteiger partial charge in [-0.2, -0.15) is 18.3 Å². The van der Waals surface area contributed by atoms with Gasteiger partial charge in [-0.3, -0.25) is 14.5 Å². The van der Waals surface area contributed by atoms with Crippen LogP contribution in [0.25, 0.3) is 32.8 Å². The molecule has 3 aromatic heterocycles. The number of anilines is 1. The van der Waals surface area contributed by atoms with E-state index in [1.165, 1.54) is 18.3 Å². The molecule has 0 aliphatic carbocycles. The summed E-state index contributed by atoms with van der Waals surface area (Å²) in [6, 6.07) is 12.2. The average Bonchev–Trinajstić information content (AvgIpc) is 3.21. The summed E-state index contributed by atoms with van der Waals surface area (Å²) in [6.07, 6.45) is 2.28. The van der Waals surface area contributed by atoms with Gasteiger partial charge in [-0.1, -0.05) is 24.3 Å². The van der Waals surface area contributed by atoms with E-state index in [2.05, 4.69) is 20.4 Å². The molecule has 0 unspecified atom stereocenters. The number of pyridine rings is 2. The molecule has 0 spiro atoms. The lowest BCUT2D eigenvalue weighted by Gasteiger charge is -2.13. The Morgan fingerprint density at radius 1 is 0.941 bits per heavy atom. The SMILES string of the molecule is Cn1cc(-c2cnc3ccc4cnc(NCc5ccccc5C(F)(F)F)cc4c(=O)c3c2)cn1. The second-order valence-electron chi connectivity index (χ2n) is 7.89. The number of nitrogens with one attached hydrogen (secondary N) is 1. The molecule has 5 aromatic rings. The molecule has 0 saturated carbocycles. The number of hydrogen-bond donors (Lipinski definition) is 1. The lowest BCUT2D eigenvalue weighted by atomic mass is 10.1. The van der Waals surface area contributed by atoms with Crippen LogP contribution < -0.4 is 10.7 Å². The Hall–Kier alpha value is -4.27. The van der Waals surface area contributed by atoms with Gasteiger partial charge in [0.15, 0.2) is 5.43 Å². The number of benzene rings is 1. The quantitative estimate of drug-likeness (QED) is 0.400. The summed E-state index contributed by atoms with van der Waals surface area (Å²) in [5.74, 6) is 0.303. The number of aromatic nitrogens is 4. The van der Waals surface area contributed by atoms with E-state index in [0.717, 1.165) is 17.2 Å². The van der Waals surface area contributed by atoms with Crippen LogP contribution in [0.15, 0.2) is 78.1 Å². The second kappa shape index (κ2) is 8.26. The molecule has 0 atom stereocenters. The Bertz CT molecular complexity index is 1590. The molecule has 2 aromatic carbocycles. The Labute approximate surface area is 191 Å². The third-order valence-electron chi connectivity index (χ3n) is 5.58. The van der Waals surface area contributed by atoms with Crippen molar-refractivity contribution >= 4 is 27.5 Å². The van der Waals surface area contributed by atoms with Crippen molar-refractivity contribution in [1.29, 1.82) is 0 Å². The Morgan fingerprint density at radius 2 is 1.76 bits per heavy atom. The average molecular weight is 461 g/mol. The molecular formula is C25H18F3N5O. The predicted octanol–water partition coefficient (Wildman–Crippen LogP) is 5.17. The van der Waals surface area contributed by atoms with Gasteiger partial charge in [-0.15, -0.1) is 0 Å². The lowest BCUT2D eigenvalue weighted by molar-refractivity contribution is -0.138. The summed E-state index contributed by atoms with van der Waals surface area (Å²) in [7, 11) is 1.80. The van der Waals surface area contributed by atoms with Crippen molar-refractivity contribution in [3.05, 3.63) is 94.7 Å². The molecule has 0 saturated heterocycles. The van der Waals surface area contributed by atoms with Crippen molar-refractivity contribution in [3.8, 4) is 11.1 Å². The van der Waals surface area contributed by atoms with E-state index in [-0.39, 0.29) is 17.5 Å². The van der Waals surface area contributed by atoms with Gasteiger partial charge < -0.3 is 5.32 Å². The summed E-state index contributed by atoms with van der Waals surface area (Å²) < 4.78 is 41.5. The van der Waals surface area contributed by atoms with Gasteiger partial charge in [-0.25, -0.2) is 4.98 Å². The minimum atomic E-state index is -4.46. The molecular weight excluding hydrogens is 443 g/mol. The molecule has 34 heavy (non-hydrogen) atoms. The molecule has 0 fully saturated rings. The van der Waals surface area contributed by atoms with Gasteiger partial charge >= 0.3 is 6.18 Å². The highest BCUT2D eigenvalue weighted by atomic mass is 19.4. The smallest absolute Gasteiger partial charge is 0.366 e. The molecule has 0 amide bonds. The predicted molar refractivity (Wildman–Crippen MR) is 124 cm³/mol. The van der Waals surface area contributed by atoms with Crippen LogP contribution in [0.1, 0.15) is 11.1 Å². The lowest BCUT2D eigenvalue weighted by Crippen LogP contribution is -2.12. The second-order valence-corrected chi connectivity index (χ2v) is 7.89. The molecule has 9 heteroatoms. The van der Waals surface area contributed by atoms with Crippen LogP contribution in [0.2, 0.25) is 0 Å². The monoisotopic (exact) mass is 461 g/mol. The van der Waals surface area contributed by atoms with Gasteiger partial charge in [0, 0.05) is 59.5 Å².